The number of rotatable bonds is 3. The van der Waals surface area contributed by atoms with Crippen LogP contribution in [-0.4, -0.2) is 18.6 Å². The predicted molar refractivity (Wildman–Crippen MR) is 70.6 cm³/mol. The molecule has 2 aromatic rings. The highest BCUT2D eigenvalue weighted by Crippen LogP contribution is 2.36. The summed E-state index contributed by atoms with van der Waals surface area (Å²) < 4.78 is 64.3. The van der Waals surface area contributed by atoms with Gasteiger partial charge in [-0.25, -0.2) is 8.42 Å². The first kappa shape index (κ1) is 15.6. The second-order valence-electron chi connectivity index (χ2n) is 4.16. The second kappa shape index (κ2) is 5.23. The number of hydrogen-bond acceptors (Lipinski definition) is 3. The summed E-state index contributed by atoms with van der Waals surface area (Å²) in [6.07, 6.45) is -3.61. The van der Waals surface area contributed by atoms with Crippen molar-refractivity contribution in [2.24, 2.45) is 0 Å². The molecule has 0 aliphatic rings. The fraction of sp³-hybridized carbons (Fsp3) is 0.182. The predicted octanol–water partition coefficient (Wildman–Crippen LogP) is 3.19. The number of alkyl halides is 3. The maximum atomic E-state index is 12.7. The van der Waals surface area contributed by atoms with Gasteiger partial charge in [0.15, 0.2) is 0 Å². The zero-order chi connectivity index (χ0) is 15.8. The Morgan fingerprint density at radius 1 is 1.33 bits per heavy atom. The van der Waals surface area contributed by atoms with E-state index in [-0.39, 0.29) is 16.3 Å². The Kier molecular flexibility index (Phi) is 3.89. The zero-order valence-corrected chi connectivity index (χ0v) is 12.1. The largest absolute Gasteiger partial charge is 0.417 e. The van der Waals surface area contributed by atoms with Gasteiger partial charge >= 0.3 is 6.18 Å². The second-order valence-corrected chi connectivity index (χ2v) is 6.22. The van der Waals surface area contributed by atoms with E-state index in [9.17, 15) is 21.6 Å². The molecule has 2 rings (SSSR count). The van der Waals surface area contributed by atoms with Gasteiger partial charge in [-0.2, -0.15) is 18.3 Å². The Morgan fingerprint density at radius 3 is 2.52 bits per heavy atom. The fourth-order valence-corrected chi connectivity index (χ4v) is 3.04. The van der Waals surface area contributed by atoms with Gasteiger partial charge in [0.25, 0.3) is 10.0 Å². The van der Waals surface area contributed by atoms with Crippen molar-refractivity contribution in [3.8, 4) is 0 Å². The summed E-state index contributed by atoms with van der Waals surface area (Å²) in [6, 6.07) is 2.75. The zero-order valence-electron chi connectivity index (χ0n) is 10.5. The number of halogens is 4. The first-order chi connectivity index (χ1) is 9.61. The van der Waals surface area contributed by atoms with E-state index < -0.39 is 26.8 Å². The third kappa shape index (κ3) is 3.30. The third-order valence-electron chi connectivity index (χ3n) is 2.60. The number of anilines is 1. The van der Waals surface area contributed by atoms with Gasteiger partial charge in [0.2, 0.25) is 0 Å². The van der Waals surface area contributed by atoms with E-state index in [2.05, 4.69) is 14.9 Å². The molecule has 10 heteroatoms. The molecule has 114 valence electrons. The minimum Gasteiger partial charge on any atom is -0.281 e. The average Bonchev–Trinajstić information content (AvgIpc) is 2.77. The number of sulfonamides is 1. The normalized spacial score (nSPS) is 12.4. The molecule has 5 nitrogen and oxygen atoms in total. The molecule has 0 bridgehead atoms. The molecule has 2 N–H and O–H groups in total. The number of aromatic nitrogens is 2. The van der Waals surface area contributed by atoms with Crippen LogP contribution in [0.25, 0.3) is 0 Å². The number of benzene rings is 1. The minimum atomic E-state index is -4.68. The molecule has 21 heavy (non-hydrogen) atoms. The summed E-state index contributed by atoms with van der Waals surface area (Å²) in [5.74, 6) is 0. The van der Waals surface area contributed by atoms with Gasteiger partial charge in [-0.05, 0) is 25.1 Å². The Morgan fingerprint density at radius 2 is 2.00 bits per heavy atom. The third-order valence-corrected chi connectivity index (χ3v) is 4.42. The SMILES string of the molecule is Cc1[nH]ncc1S(=O)(=O)Nc1ccc(Cl)c(C(F)(F)F)c1. The van der Waals surface area contributed by atoms with Crippen molar-refractivity contribution in [1.82, 2.24) is 10.2 Å². The lowest BCUT2D eigenvalue weighted by Gasteiger charge is -2.12. The number of aromatic amines is 1. The van der Waals surface area contributed by atoms with Gasteiger partial charge in [-0.15, -0.1) is 0 Å². The summed E-state index contributed by atoms with van der Waals surface area (Å²) in [5, 5.41) is 5.48. The highest BCUT2D eigenvalue weighted by atomic mass is 35.5. The molecular weight excluding hydrogens is 331 g/mol. The van der Waals surface area contributed by atoms with E-state index in [4.69, 9.17) is 11.6 Å². The van der Waals surface area contributed by atoms with E-state index >= 15 is 0 Å². The molecule has 0 amide bonds. The molecular formula is C11H9ClF3N3O2S. The molecule has 0 fully saturated rings. The van der Waals surface area contributed by atoms with Crippen molar-refractivity contribution in [3.05, 3.63) is 40.7 Å². The molecule has 1 aromatic heterocycles. The first-order valence-corrected chi connectivity index (χ1v) is 7.37. The van der Waals surface area contributed by atoms with Gasteiger partial charge in [-0.3, -0.25) is 9.82 Å². The van der Waals surface area contributed by atoms with Crippen LogP contribution in [0.1, 0.15) is 11.3 Å². The molecule has 0 saturated heterocycles. The van der Waals surface area contributed by atoms with Crippen LogP contribution in [0.2, 0.25) is 5.02 Å². The monoisotopic (exact) mass is 339 g/mol. The number of H-pyrrole nitrogens is 1. The van der Waals surface area contributed by atoms with E-state index in [0.717, 1.165) is 18.3 Å². The van der Waals surface area contributed by atoms with E-state index in [1.807, 2.05) is 0 Å². The maximum Gasteiger partial charge on any atom is 0.417 e. The van der Waals surface area contributed by atoms with Crippen LogP contribution < -0.4 is 4.72 Å². The molecule has 0 spiro atoms. The molecule has 0 atom stereocenters. The average molecular weight is 340 g/mol. The van der Waals surface area contributed by atoms with Crippen molar-refractivity contribution in [1.29, 1.82) is 0 Å². The topological polar surface area (TPSA) is 74.8 Å². The van der Waals surface area contributed by atoms with Crippen LogP contribution in [0, 0.1) is 6.92 Å². The smallest absolute Gasteiger partial charge is 0.281 e. The summed E-state index contributed by atoms with van der Waals surface area (Å²) in [6.45, 7) is 1.48. The summed E-state index contributed by atoms with van der Waals surface area (Å²) in [5.41, 5.74) is -1.09. The number of nitrogens with zero attached hydrogens (tertiary/aromatic N) is 1. The molecule has 1 heterocycles. The lowest BCUT2D eigenvalue weighted by atomic mass is 10.2. The molecule has 0 saturated carbocycles. The van der Waals surface area contributed by atoms with Crippen LogP contribution in [0.4, 0.5) is 18.9 Å². The minimum absolute atomic E-state index is 0.147. The van der Waals surface area contributed by atoms with Crippen molar-refractivity contribution in [2.75, 3.05) is 4.72 Å². The molecule has 1 aromatic carbocycles. The lowest BCUT2D eigenvalue weighted by molar-refractivity contribution is -0.137. The van der Waals surface area contributed by atoms with E-state index in [0.29, 0.717) is 6.07 Å². The Labute approximate surface area is 123 Å². The number of nitrogens with one attached hydrogen (secondary N) is 2. The van der Waals surface area contributed by atoms with Gasteiger partial charge < -0.3 is 0 Å². The van der Waals surface area contributed by atoms with Crippen LogP contribution in [0.3, 0.4) is 0 Å². The highest BCUT2D eigenvalue weighted by molar-refractivity contribution is 7.92. The van der Waals surface area contributed by atoms with Crippen molar-refractivity contribution >= 4 is 27.3 Å². The molecule has 0 radical (unpaired) electrons. The van der Waals surface area contributed by atoms with Crippen molar-refractivity contribution < 1.29 is 21.6 Å². The van der Waals surface area contributed by atoms with Gasteiger partial charge in [0, 0.05) is 5.69 Å². The summed E-state index contributed by atoms with van der Waals surface area (Å²) >= 11 is 5.46. The summed E-state index contributed by atoms with van der Waals surface area (Å²) in [4.78, 5) is -0.147. The van der Waals surface area contributed by atoms with Crippen molar-refractivity contribution in [2.45, 2.75) is 18.0 Å². The van der Waals surface area contributed by atoms with Crippen LogP contribution in [0.15, 0.2) is 29.3 Å². The van der Waals surface area contributed by atoms with Gasteiger partial charge in [0.1, 0.15) is 4.90 Å². The maximum absolute atomic E-state index is 12.7. The van der Waals surface area contributed by atoms with Gasteiger partial charge in [0.05, 0.1) is 22.5 Å². The Hall–Kier alpha value is -1.74. The van der Waals surface area contributed by atoms with Crippen LogP contribution in [-0.2, 0) is 16.2 Å². The lowest BCUT2D eigenvalue weighted by Crippen LogP contribution is -2.14. The first-order valence-electron chi connectivity index (χ1n) is 5.51. The molecule has 0 aliphatic heterocycles. The van der Waals surface area contributed by atoms with E-state index in [1.165, 1.54) is 6.92 Å². The highest BCUT2D eigenvalue weighted by Gasteiger charge is 2.33. The van der Waals surface area contributed by atoms with Gasteiger partial charge in [-0.1, -0.05) is 11.6 Å². The molecule has 0 aliphatic carbocycles. The fourth-order valence-electron chi connectivity index (χ4n) is 1.63. The van der Waals surface area contributed by atoms with Crippen LogP contribution in [0.5, 0.6) is 0 Å². The Bertz CT molecular complexity index is 771. The number of hydrogen-bond donors (Lipinski definition) is 2. The van der Waals surface area contributed by atoms with E-state index in [1.54, 1.807) is 0 Å². The summed E-state index contributed by atoms with van der Waals surface area (Å²) in [7, 11) is -4.03. The quantitative estimate of drug-likeness (QED) is 0.901. The van der Waals surface area contributed by atoms with Crippen LogP contribution >= 0.6 is 11.6 Å². The number of aryl methyl sites for hydroxylation is 1. The standard InChI is InChI=1S/C11H9ClF3N3O2S/c1-6-10(5-16-17-6)21(19,20)18-7-2-3-9(12)8(4-7)11(13,14)15/h2-5,18H,1H3,(H,16,17). The van der Waals surface area contributed by atoms with Crippen molar-refractivity contribution in [3.63, 3.8) is 0 Å². The Balaban J connectivity index is 2.39. The molecule has 0 unspecified atom stereocenters.